The first kappa shape index (κ1) is 16.2. The van der Waals surface area contributed by atoms with E-state index in [1.165, 1.54) is 5.56 Å². The van der Waals surface area contributed by atoms with Crippen molar-refractivity contribution in [2.24, 2.45) is 0 Å². The van der Waals surface area contributed by atoms with Crippen molar-refractivity contribution in [3.05, 3.63) is 63.1 Å². The fourth-order valence-corrected chi connectivity index (χ4v) is 2.46. The van der Waals surface area contributed by atoms with Crippen LogP contribution in [0.25, 0.3) is 0 Å². The molecule has 0 fully saturated rings. The molecule has 2 aromatic rings. The summed E-state index contributed by atoms with van der Waals surface area (Å²) < 4.78 is 0. The van der Waals surface area contributed by atoms with E-state index in [0.29, 0.717) is 17.2 Å². The molecule has 4 nitrogen and oxygen atoms in total. The Morgan fingerprint density at radius 2 is 1.91 bits per heavy atom. The molecule has 1 heterocycles. The van der Waals surface area contributed by atoms with E-state index in [2.05, 4.69) is 34.7 Å². The van der Waals surface area contributed by atoms with Crippen molar-refractivity contribution in [2.75, 3.05) is 5.32 Å². The highest BCUT2D eigenvalue weighted by atomic mass is 32.1. The van der Waals surface area contributed by atoms with Crippen LogP contribution in [0.3, 0.4) is 0 Å². The van der Waals surface area contributed by atoms with Crippen molar-refractivity contribution in [3.63, 3.8) is 0 Å². The monoisotopic (exact) mass is 315 g/mol. The molecular weight excluding hydrogens is 294 g/mol. The molecule has 0 saturated carbocycles. The molecule has 0 aliphatic heterocycles. The number of benzene rings is 1. The van der Waals surface area contributed by atoms with E-state index in [4.69, 9.17) is 12.2 Å². The predicted octanol–water partition coefficient (Wildman–Crippen LogP) is 3.04. The van der Waals surface area contributed by atoms with Gasteiger partial charge in [-0.1, -0.05) is 19.1 Å². The number of hydrogen-bond acceptors (Lipinski definition) is 2. The lowest BCUT2D eigenvalue weighted by molar-refractivity contribution is 0.884. The minimum atomic E-state index is -0.0694. The molecule has 0 radical (unpaired) electrons. The van der Waals surface area contributed by atoms with Gasteiger partial charge in [0.2, 0.25) is 0 Å². The Hall–Kier alpha value is -2.14. The fraction of sp³-hybridized carbons (Fsp3) is 0.294. The van der Waals surface area contributed by atoms with Gasteiger partial charge < -0.3 is 15.6 Å². The first-order valence-corrected chi connectivity index (χ1v) is 7.73. The van der Waals surface area contributed by atoms with Crippen LogP contribution in [-0.4, -0.2) is 10.1 Å². The number of H-pyrrole nitrogens is 1. The van der Waals surface area contributed by atoms with Crippen LogP contribution in [0.1, 0.15) is 29.3 Å². The maximum absolute atomic E-state index is 11.9. The van der Waals surface area contributed by atoms with Crippen LogP contribution in [0.15, 0.2) is 35.1 Å². The van der Waals surface area contributed by atoms with Crippen molar-refractivity contribution in [3.8, 4) is 0 Å². The normalized spacial score (nSPS) is 10.3. The van der Waals surface area contributed by atoms with Crippen LogP contribution in [0.2, 0.25) is 0 Å². The predicted molar refractivity (Wildman–Crippen MR) is 95.4 cm³/mol. The Morgan fingerprint density at radius 3 is 2.50 bits per heavy atom. The highest BCUT2D eigenvalue weighted by Crippen LogP contribution is 2.10. The smallest absolute Gasteiger partial charge is 0.253 e. The highest BCUT2D eigenvalue weighted by Gasteiger charge is 2.06. The number of hydrogen-bond donors (Lipinski definition) is 3. The van der Waals surface area contributed by atoms with E-state index < -0.39 is 0 Å². The number of pyridine rings is 1. The van der Waals surface area contributed by atoms with E-state index in [0.717, 1.165) is 23.4 Å². The van der Waals surface area contributed by atoms with Gasteiger partial charge in [0.15, 0.2) is 5.11 Å². The molecule has 5 heteroatoms. The summed E-state index contributed by atoms with van der Waals surface area (Å²) in [4.78, 5) is 14.7. The summed E-state index contributed by atoms with van der Waals surface area (Å²) in [6, 6.07) is 10.1. The Morgan fingerprint density at radius 1 is 1.23 bits per heavy atom. The van der Waals surface area contributed by atoms with Crippen molar-refractivity contribution in [1.29, 1.82) is 0 Å². The van der Waals surface area contributed by atoms with E-state index in [-0.39, 0.29) is 5.56 Å². The lowest BCUT2D eigenvalue weighted by atomic mass is 10.1. The molecule has 0 spiro atoms. The molecule has 3 N–H and O–H groups in total. The van der Waals surface area contributed by atoms with E-state index in [1.54, 1.807) is 0 Å². The third kappa shape index (κ3) is 4.18. The van der Waals surface area contributed by atoms with Gasteiger partial charge in [-0.2, -0.15) is 0 Å². The summed E-state index contributed by atoms with van der Waals surface area (Å²) in [7, 11) is 0. The van der Waals surface area contributed by atoms with Gasteiger partial charge >= 0.3 is 0 Å². The second-order valence-electron chi connectivity index (χ2n) is 5.30. The fourth-order valence-electron chi connectivity index (χ4n) is 2.27. The number of aryl methyl sites for hydroxylation is 3. The van der Waals surface area contributed by atoms with Crippen LogP contribution in [0.5, 0.6) is 0 Å². The Kier molecular flexibility index (Phi) is 5.33. The summed E-state index contributed by atoms with van der Waals surface area (Å²) in [5, 5.41) is 6.70. The lowest BCUT2D eigenvalue weighted by Gasteiger charge is -2.12. The van der Waals surface area contributed by atoms with Gasteiger partial charge in [0, 0.05) is 23.5 Å². The van der Waals surface area contributed by atoms with Crippen LogP contribution in [0.4, 0.5) is 5.69 Å². The summed E-state index contributed by atoms with van der Waals surface area (Å²) in [5.74, 6) is 0. The number of anilines is 1. The molecule has 0 aliphatic rings. The first-order chi connectivity index (χ1) is 10.5. The molecule has 0 unspecified atom stereocenters. The molecule has 116 valence electrons. The van der Waals surface area contributed by atoms with Gasteiger partial charge in [0.25, 0.3) is 5.56 Å². The molecule has 0 bridgehead atoms. The second-order valence-corrected chi connectivity index (χ2v) is 5.71. The van der Waals surface area contributed by atoms with Crippen molar-refractivity contribution in [2.45, 2.75) is 33.7 Å². The number of thiocarbonyl (C=S) groups is 1. The summed E-state index contributed by atoms with van der Waals surface area (Å²) in [5.41, 5.74) is 4.68. The minimum absolute atomic E-state index is 0.0694. The van der Waals surface area contributed by atoms with Crippen molar-refractivity contribution in [1.82, 2.24) is 10.3 Å². The Labute approximate surface area is 136 Å². The molecule has 0 amide bonds. The van der Waals surface area contributed by atoms with E-state index in [9.17, 15) is 4.79 Å². The van der Waals surface area contributed by atoms with Gasteiger partial charge in [0.05, 0.1) is 0 Å². The van der Waals surface area contributed by atoms with Gasteiger partial charge in [-0.3, -0.25) is 4.79 Å². The zero-order valence-corrected chi connectivity index (χ0v) is 13.9. The number of aromatic nitrogens is 1. The average molecular weight is 315 g/mol. The van der Waals surface area contributed by atoms with E-state index in [1.807, 2.05) is 32.0 Å². The van der Waals surface area contributed by atoms with Gasteiger partial charge in [0.1, 0.15) is 0 Å². The molecule has 0 aliphatic carbocycles. The summed E-state index contributed by atoms with van der Waals surface area (Å²) in [6.45, 7) is 6.33. The first-order valence-electron chi connectivity index (χ1n) is 7.32. The quantitative estimate of drug-likeness (QED) is 0.759. The minimum Gasteiger partial charge on any atom is -0.358 e. The zero-order valence-electron chi connectivity index (χ0n) is 13.1. The van der Waals surface area contributed by atoms with Crippen LogP contribution < -0.4 is 16.2 Å². The molecule has 22 heavy (non-hydrogen) atoms. The third-order valence-corrected chi connectivity index (χ3v) is 3.79. The topological polar surface area (TPSA) is 56.9 Å². The lowest BCUT2D eigenvalue weighted by Crippen LogP contribution is -2.31. The summed E-state index contributed by atoms with van der Waals surface area (Å²) in [6.07, 6.45) is 1.01. The Balaban J connectivity index is 1.97. The maximum Gasteiger partial charge on any atom is 0.253 e. The number of nitrogens with one attached hydrogen (secondary N) is 3. The van der Waals surface area contributed by atoms with Gasteiger partial charge in [-0.05, 0) is 61.8 Å². The van der Waals surface area contributed by atoms with Crippen LogP contribution in [-0.2, 0) is 13.0 Å². The van der Waals surface area contributed by atoms with E-state index >= 15 is 0 Å². The molecule has 0 saturated heterocycles. The second kappa shape index (κ2) is 7.22. The van der Waals surface area contributed by atoms with Crippen LogP contribution in [0, 0.1) is 13.8 Å². The third-order valence-electron chi connectivity index (χ3n) is 3.54. The number of rotatable bonds is 4. The molecule has 1 aromatic heterocycles. The highest BCUT2D eigenvalue weighted by molar-refractivity contribution is 7.80. The molecule has 1 aromatic carbocycles. The SMILES string of the molecule is CCc1ccc(NC(=S)NCc2c(C)cc(C)[nH]c2=O)cc1. The Bertz CT molecular complexity index is 720. The maximum atomic E-state index is 11.9. The van der Waals surface area contributed by atoms with Crippen molar-refractivity contribution >= 4 is 23.0 Å². The molecule has 2 rings (SSSR count). The number of aromatic amines is 1. The average Bonchev–Trinajstić information content (AvgIpc) is 2.47. The molecule has 0 atom stereocenters. The molecular formula is C17H21N3OS. The van der Waals surface area contributed by atoms with Crippen molar-refractivity contribution < 1.29 is 0 Å². The van der Waals surface area contributed by atoms with Crippen LogP contribution >= 0.6 is 12.2 Å². The summed E-state index contributed by atoms with van der Waals surface area (Å²) >= 11 is 5.27. The van der Waals surface area contributed by atoms with Gasteiger partial charge in [-0.25, -0.2) is 0 Å². The van der Waals surface area contributed by atoms with Gasteiger partial charge in [-0.15, -0.1) is 0 Å². The largest absolute Gasteiger partial charge is 0.358 e. The standard InChI is InChI=1S/C17H21N3OS/c1-4-13-5-7-14(8-6-13)20-17(22)18-10-15-11(2)9-12(3)19-16(15)21/h5-9H,4,10H2,1-3H3,(H,19,21)(H2,18,20,22). The zero-order chi connectivity index (χ0) is 16.1.